The Kier molecular flexibility index (Phi) is 5.03. The summed E-state index contributed by atoms with van der Waals surface area (Å²) in [4.78, 5) is 0.253. The number of rotatable bonds is 5. The van der Waals surface area contributed by atoms with Crippen LogP contribution in [0.4, 0.5) is 5.69 Å². The highest BCUT2D eigenvalue weighted by molar-refractivity contribution is 9.10. The SMILES string of the molecule is CNc1ccc(S(=O)(=O)NC(C)c2cccc(Br)c2)cc1. The molecule has 0 aromatic heterocycles. The maximum atomic E-state index is 12.4. The molecule has 0 aliphatic carbocycles. The van der Waals surface area contributed by atoms with E-state index in [1.807, 2.05) is 31.2 Å². The third-order valence-electron chi connectivity index (χ3n) is 3.13. The van der Waals surface area contributed by atoms with E-state index in [2.05, 4.69) is 26.0 Å². The highest BCUT2D eigenvalue weighted by Crippen LogP contribution is 2.21. The summed E-state index contributed by atoms with van der Waals surface area (Å²) >= 11 is 3.39. The molecule has 1 unspecified atom stereocenters. The molecule has 0 amide bonds. The Morgan fingerprint density at radius 3 is 2.33 bits per heavy atom. The molecule has 21 heavy (non-hydrogen) atoms. The van der Waals surface area contributed by atoms with Crippen LogP contribution in [0.1, 0.15) is 18.5 Å². The Hall–Kier alpha value is -1.37. The van der Waals surface area contributed by atoms with Crippen molar-refractivity contribution >= 4 is 31.6 Å². The van der Waals surface area contributed by atoms with Gasteiger partial charge in [0.25, 0.3) is 0 Å². The van der Waals surface area contributed by atoms with Crippen LogP contribution >= 0.6 is 15.9 Å². The monoisotopic (exact) mass is 368 g/mol. The fourth-order valence-electron chi connectivity index (χ4n) is 1.95. The zero-order valence-corrected chi connectivity index (χ0v) is 14.2. The topological polar surface area (TPSA) is 58.2 Å². The van der Waals surface area contributed by atoms with Gasteiger partial charge in [0.2, 0.25) is 10.0 Å². The van der Waals surface area contributed by atoms with Crippen LogP contribution in [0, 0.1) is 0 Å². The maximum absolute atomic E-state index is 12.4. The van der Waals surface area contributed by atoms with Gasteiger partial charge in [-0.3, -0.25) is 0 Å². The van der Waals surface area contributed by atoms with Gasteiger partial charge in [0.15, 0.2) is 0 Å². The van der Waals surface area contributed by atoms with Crippen molar-refractivity contribution in [2.45, 2.75) is 17.9 Å². The van der Waals surface area contributed by atoms with Gasteiger partial charge < -0.3 is 5.32 Å². The normalized spacial score (nSPS) is 12.9. The molecule has 0 radical (unpaired) electrons. The zero-order valence-electron chi connectivity index (χ0n) is 11.8. The molecule has 0 saturated heterocycles. The van der Waals surface area contributed by atoms with Crippen molar-refractivity contribution in [3.05, 3.63) is 58.6 Å². The highest BCUT2D eigenvalue weighted by atomic mass is 79.9. The Labute approximate surface area is 133 Å². The Balaban J connectivity index is 2.20. The third-order valence-corrected chi connectivity index (χ3v) is 5.18. The Morgan fingerprint density at radius 2 is 1.76 bits per heavy atom. The molecule has 2 aromatic carbocycles. The van der Waals surface area contributed by atoms with Crippen molar-refractivity contribution in [2.75, 3.05) is 12.4 Å². The molecular weight excluding hydrogens is 352 g/mol. The third kappa shape index (κ3) is 4.06. The van der Waals surface area contributed by atoms with Crippen molar-refractivity contribution < 1.29 is 8.42 Å². The molecular formula is C15H17BrN2O2S. The van der Waals surface area contributed by atoms with Crippen molar-refractivity contribution in [3.8, 4) is 0 Å². The largest absolute Gasteiger partial charge is 0.388 e. The molecule has 2 N–H and O–H groups in total. The predicted molar refractivity (Wildman–Crippen MR) is 88.9 cm³/mol. The predicted octanol–water partition coefficient (Wildman–Crippen LogP) is 3.53. The lowest BCUT2D eigenvalue weighted by Gasteiger charge is -2.15. The molecule has 0 aliphatic heterocycles. The molecule has 0 fully saturated rings. The van der Waals surface area contributed by atoms with E-state index >= 15 is 0 Å². The summed E-state index contributed by atoms with van der Waals surface area (Å²) in [5, 5.41) is 2.96. The minimum atomic E-state index is -3.54. The number of hydrogen-bond donors (Lipinski definition) is 2. The summed E-state index contributed by atoms with van der Waals surface area (Å²) in [6.45, 7) is 1.82. The van der Waals surface area contributed by atoms with Crippen LogP contribution in [0.25, 0.3) is 0 Å². The summed E-state index contributed by atoms with van der Waals surface area (Å²) in [5.41, 5.74) is 1.77. The second kappa shape index (κ2) is 6.60. The molecule has 112 valence electrons. The molecule has 4 nitrogen and oxygen atoms in total. The molecule has 0 saturated carbocycles. The van der Waals surface area contributed by atoms with E-state index in [0.29, 0.717) is 0 Å². The van der Waals surface area contributed by atoms with Crippen LogP contribution < -0.4 is 10.0 Å². The summed E-state index contributed by atoms with van der Waals surface area (Å²) in [6.07, 6.45) is 0. The number of benzene rings is 2. The van der Waals surface area contributed by atoms with E-state index in [1.165, 1.54) is 0 Å². The van der Waals surface area contributed by atoms with Crippen LogP contribution in [-0.2, 0) is 10.0 Å². The van der Waals surface area contributed by atoms with E-state index < -0.39 is 10.0 Å². The first-order valence-electron chi connectivity index (χ1n) is 6.48. The minimum Gasteiger partial charge on any atom is -0.388 e. The van der Waals surface area contributed by atoms with Gasteiger partial charge >= 0.3 is 0 Å². The second-order valence-electron chi connectivity index (χ2n) is 4.67. The first kappa shape index (κ1) is 16.0. The highest BCUT2D eigenvalue weighted by Gasteiger charge is 2.18. The van der Waals surface area contributed by atoms with Crippen LogP contribution in [0.2, 0.25) is 0 Å². The van der Waals surface area contributed by atoms with Crippen LogP contribution in [-0.4, -0.2) is 15.5 Å². The molecule has 0 aliphatic rings. The van der Waals surface area contributed by atoms with Gasteiger partial charge in [-0.1, -0.05) is 28.1 Å². The van der Waals surface area contributed by atoms with Gasteiger partial charge in [0.05, 0.1) is 4.90 Å². The molecule has 2 rings (SSSR count). The number of anilines is 1. The number of sulfonamides is 1. The molecule has 0 heterocycles. The quantitative estimate of drug-likeness (QED) is 0.848. The van der Waals surface area contributed by atoms with E-state index in [1.54, 1.807) is 31.3 Å². The van der Waals surface area contributed by atoms with Gasteiger partial charge in [-0.2, -0.15) is 0 Å². The molecule has 2 aromatic rings. The van der Waals surface area contributed by atoms with E-state index in [0.717, 1.165) is 15.7 Å². The van der Waals surface area contributed by atoms with Crippen molar-refractivity contribution in [2.24, 2.45) is 0 Å². The first-order valence-corrected chi connectivity index (χ1v) is 8.75. The average Bonchev–Trinajstić information content (AvgIpc) is 2.47. The smallest absolute Gasteiger partial charge is 0.241 e. The standard InChI is InChI=1S/C15H17BrN2O2S/c1-11(12-4-3-5-13(16)10-12)18-21(19,20)15-8-6-14(17-2)7-9-15/h3-11,17-18H,1-2H3. The summed E-state index contributed by atoms with van der Waals surface area (Å²) in [5.74, 6) is 0. The van der Waals surface area contributed by atoms with E-state index in [9.17, 15) is 8.42 Å². The molecule has 0 spiro atoms. The second-order valence-corrected chi connectivity index (χ2v) is 7.30. The van der Waals surface area contributed by atoms with Crippen molar-refractivity contribution in [1.82, 2.24) is 4.72 Å². The van der Waals surface area contributed by atoms with Gasteiger partial charge in [-0.15, -0.1) is 0 Å². The zero-order chi connectivity index (χ0) is 15.5. The number of halogens is 1. The van der Waals surface area contributed by atoms with Crippen LogP contribution in [0.5, 0.6) is 0 Å². The lowest BCUT2D eigenvalue weighted by molar-refractivity contribution is 0.567. The molecule has 6 heteroatoms. The average molecular weight is 369 g/mol. The van der Waals surface area contributed by atoms with Gasteiger partial charge in [-0.25, -0.2) is 13.1 Å². The lowest BCUT2D eigenvalue weighted by Crippen LogP contribution is -2.26. The lowest BCUT2D eigenvalue weighted by atomic mass is 10.1. The van der Waals surface area contributed by atoms with E-state index in [4.69, 9.17) is 0 Å². The van der Waals surface area contributed by atoms with Gasteiger partial charge in [0.1, 0.15) is 0 Å². The maximum Gasteiger partial charge on any atom is 0.241 e. The van der Waals surface area contributed by atoms with Crippen LogP contribution in [0.15, 0.2) is 57.9 Å². The summed E-state index contributed by atoms with van der Waals surface area (Å²) in [6, 6.07) is 13.9. The van der Waals surface area contributed by atoms with Crippen LogP contribution in [0.3, 0.4) is 0 Å². The van der Waals surface area contributed by atoms with E-state index in [-0.39, 0.29) is 10.9 Å². The van der Waals surface area contributed by atoms with Crippen molar-refractivity contribution in [3.63, 3.8) is 0 Å². The fraction of sp³-hybridized carbons (Fsp3) is 0.200. The molecule has 0 bridgehead atoms. The number of hydrogen-bond acceptors (Lipinski definition) is 3. The Bertz CT molecular complexity index is 715. The van der Waals surface area contributed by atoms with Gasteiger partial charge in [0, 0.05) is 23.2 Å². The summed E-state index contributed by atoms with van der Waals surface area (Å²) in [7, 11) is -1.75. The number of nitrogens with one attached hydrogen (secondary N) is 2. The first-order chi connectivity index (χ1) is 9.92. The Morgan fingerprint density at radius 1 is 1.10 bits per heavy atom. The van der Waals surface area contributed by atoms with Gasteiger partial charge in [-0.05, 0) is 48.9 Å². The fourth-order valence-corrected chi connectivity index (χ4v) is 3.59. The molecule has 1 atom stereocenters. The summed E-state index contributed by atoms with van der Waals surface area (Å²) < 4.78 is 28.3. The minimum absolute atomic E-state index is 0.253. The van der Waals surface area contributed by atoms with Crippen molar-refractivity contribution in [1.29, 1.82) is 0 Å².